The molecule has 1 aromatic rings. The zero-order valence-electron chi connectivity index (χ0n) is 7.27. The lowest BCUT2D eigenvalue weighted by Gasteiger charge is -1.89. The van der Waals surface area contributed by atoms with Crippen LogP contribution in [0.4, 0.5) is 0 Å². The van der Waals surface area contributed by atoms with Crippen molar-refractivity contribution in [3.8, 4) is 0 Å². The molecule has 0 bridgehead atoms. The molecule has 2 N–H and O–H groups in total. The summed E-state index contributed by atoms with van der Waals surface area (Å²) in [5, 5.41) is 1.88. The van der Waals surface area contributed by atoms with Gasteiger partial charge in [0.05, 0.1) is 0 Å². The van der Waals surface area contributed by atoms with Gasteiger partial charge in [-0.15, -0.1) is 23.7 Å². The minimum Gasteiger partial charge on any atom is -0.330 e. The number of carbonyl (C=O) groups excluding carboxylic acids is 1. The van der Waals surface area contributed by atoms with E-state index >= 15 is 0 Å². The molecule has 0 saturated heterocycles. The Morgan fingerprint density at radius 2 is 2.46 bits per heavy atom. The highest BCUT2D eigenvalue weighted by molar-refractivity contribution is 7.07. The highest BCUT2D eigenvalue weighted by Gasteiger charge is 1.96. The quantitative estimate of drug-likeness (QED) is 0.780. The lowest BCUT2D eigenvalue weighted by molar-refractivity contribution is -0.117. The number of rotatable bonds is 2. The van der Waals surface area contributed by atoms with E-state index in [1.165, 1.54) is 11.3 Å². The molecule has 0 fully saturated rings. The Morgan fingerprint density at radius 1 is 1.77 bits per heavy atom. The predicted molar refractivity (Wildman–Crippen MR) is 54.8 cm³/mol. The standard InChI is InChI=1S/C7H11N3OS.ClH/c1-10-4-5-12-7(10)9-6(11)2-3-8;/h4-5H,2-3,8H2,1H3;1H. The van der Waals surface area contributed by atoms with E-state index in [1.807, 2.05) is 18.6 Å². The average molecular weight is 222 g/mol. The molecule has 1 amide bonds. The number of nitrogens with zero attached hydrogens (tertiary/aromatic N) is 2. The van der Waals surface area contributed by atoms with E-state index in [-0.39, 0.29) is 18.3 Å². The van der Waals surface area contributed by atoms with Crippen molar-refractivity contribution < 1.29 is 4.79 Å². The Kier molecular flexibility index (Phi) is 5.61. The Balaban J connectivity index is 0.00000144. The van der Waals surface area contributed by atoms with Crippen LogP contribution in [0.1, 0.15) is 6.42 Å². The molecule has 0 radical (unpaired) electrons. The molecule has 1 aromatic heterocycles. The molecule has 4 nitrogen and oxygen atoms in total. The van der Waals surface area contributed by atoms with E-state index in [2.05, 4.69) is 4.99 Å². The van der Waals surface area contributed by atoms with Crippen LogP contribution in [0.5, 0.6) is 0 Å². The van der Waals surface area contributed by atoms with E-state index in [4.69, 9.17) is 5.73 Å². The number of halogens is 1. The van der Waals surface area contributed by atoms with Gasteiger partial charge in [-0.1, -0.05) is 0 Å². The summed E-state index contributed by atoms with van der Waals surface area (Å²) >= 11 is 1.44. The highest BCUT2D eigenvalue weighted by atomic mass is 35.5. The molecule has 0 aromatic carbocycles. The largest absolute Gasteiger partial charge is 0.330 e. The number of hydrogen-bond donors (Lipinski definition) is 1. The van der Waals surface area contributed by atoms with Gasteiger partial charge in [0.1, 0.15) is 0 Å². The molecular weight excluding hydrogens is 210 g/mol. The van der Waals surface area contributed by atoms with Crippen LogP contribution < -0.4 is 10.5 Å². The second-order valence-corrected chi connectivity index (χ2v) is 3.21. The van der Waals surface area contributed by atoms with Crippen LogP contribution in [0, 0.1) is 0 Å². The summed E-state index contributed by atoms with van der Waals surface area (Å²) in [5.74, 6) is -0.157. The molecule has 0 saturated carbocycles. The van der Waals surface area contributed by atoms with Crippen molar-refractivity contribution in [2.75, 3.05) is 6.54 Å². The minimum atomic E-state index is -0.157. The summed E-state index contributed by atoms with van der Waals surface area (Å²) in [6.07, 6.45) is 2.18. The van der Waals surface area contributed by atoms with Crippen LogP contribution >= 0.6 is 23.7 Å². The van der Waals surface area contributed by atoms with Gasteiger partial charge in [-0.25, -0.2) is 0 Å². The van der Waals surface area contributed by atoms with Gasteiger partial charge in [-0.3, -0.25) is 4.79 Å². The van der Waals surface area contributed by atoms with Crippen molar-refractivity contribution >= 4 is 29.7 Å². The maximum absolute atomic E-state index is 11.0. The van der Waals surface area contributed by atoms with E-state index in [1.54, 1.807) is 4.57 Å². The van der Waals surface area contributed by atoms with Gasteiger partial charge < -0.3 is 10.3 Å². The van der Waals surface area contributed by atoms with Gasteiger partial charge in [-0.05, 0) is 0 Å². The second-order valence-electron chi connectivity index (χ2n) is 2.34. The highest BCUT2D eigenvalue weighted by Crippen LogP contribution is 1.87. The number of aromatic nitrogens is 1. The summed E-state index contributed by atoms with van der Waals surface area (Å²) < 4.78 is 1.80. The monoisotopic (exact) mass is 221 g/mol. The van der Waals surface area contributed by atoms with Crippen LogP contribution in [0.25, 0.3) is 0 Å². The first-order valence-corrected chi connectivity index (χ1v) is 4.49. The van der Waals surface area contributed by atoms with Crippen molar-refractivity contribution in [1.82, 2.24) is 4.57 Å². The summed E-state index contributed by atoms with van der Waals surface area (Å²) in [6.45, 7) is 0.359. The predicted octanol–water partition coefficient (Wildman–Crippen LogP) is 0.285. The SMILES string of the molecule is Cl.Cn1ccsc1=NC(=O)CCN. The van der Waals surface area contributed by atoms with E-state index in [9.17, 15) is 4.79 Å². The van der Waals surface area contributed by atoms with Gasteiger partial charge in [-0.2, -0.15) is 4.99 Å². The maximum Gasteiger partial charge on any atom is 0.249 e. The summed E-state index contributed by atoms with van der Waals surface area (Å²) in [4.78, 5) is 15.6. The maximum atomic E-state index is 11.0. The number of carbonyl (C=O) groups is 1. The molecule has 0 aliphatic carbocycles. The minimum absolute atomic E-state index is 0. The zero-order valence-corrected chi connectivity index (χ0v) is 8.90. The van der Waals surface area contributed by atoms with Crippen LogP contribution in [-0.2, 0) is 11.8 Å². The van der Waals surface area contributed by atoms with Crippen LogP contribution in [-0.4, -0.2) is 17.0 Å². The summed E-state index contributed by atoms with van der Waals surface area (Å²) in [6, 6.07) is 0. The first-order chi connectivity index (χ1) is 5.74. The fourth-order valence-corrected chi connectivity index (χ4v) is 1.47. The average Bonchev–Trinajstić information content (AvgIpc) is 2.37. The number of amides is 1. The lowest BCUT2D eigenvalue weighted by atomic mass is 10.4. The molecule has 1 heterocycles. The molecule has 1 rings (SSSR count). The van der Waals surface area contributed by atoms with Gasteiger partial charge in [0.25, 0.3) is 0 Å². The Bertz CT molecular complexity index is 330. The van der Waals surface area contributed by atoms with E-state index in [0.29, 0.717) is 17.8 Å². The number of aryl methyl sites for hydroxylation is 1. The molecule has 74 valence electrons. The summed E-state index contributed by atoms with van der Waals surface area (Å²) in [7, 11) is 1.85. The number of thiazole rings is 1. The topological polar surface area (TPSA) is 60.4 Å². The number of nitrogens with two attached hydrogens (primary N) is 1. The molecule has 6 heteroatoms. The third-order valence-electron chi connectivity index (χ3n) is 1.34. The smallest absolute Gasteiger partial charge is 0.249 e. The first-order valence-electron chi connectivity index (χ1n) is 3.62. The fourth-order valence-electron chi connectivity index (χ4n) is 0.721. The Labute approximate surface area is 86.5 Å². The van der Waals surface area contributed by atoms with E-state index < -0.39 is 0 Å². The number of hydrogen-bond acceptors (Lipinski definition) is 3. The van der Waals surface area contributed by atoms with Gasteiger partial charge in [0.2, 0.25) is 5.91 Å². The van der Waals surface area contributed by atoms with Crippen molar-refractivity contribution in [3.63, 3.8) is 0 Å². The Morgan fingerprint density at radius 3 is 2.92 bits per heavy atom. The molecule has 0 aliphatic rings. The normalized spacial score (nSPS) is 11.1. The molecule has 0 spiro atoms. The van der Waals surface area contributed by atoms with Crippen LogP contribution in [0.2, 0.25) is 0 Å². The first kappa shape index (κ1) is 12.3. The molecule has 13 heavy (non-hydrogen) atoms. The second kappa shape index (κ2) is 5.90. The van der Waals surface area contributed by atoms with Gasteiger partial charge >= 0.3 is 0 Å². The molecule has 0 aliphatic heterocycles. The third kappa shape index (κ3) is 3.71. The summed E-state index contributed by atoms with van der Waals surface area (Å²) in [5.41, 5.74) is 5.21. The van der Waals surface area contributed by atoms with E-state index in [0.717, 1.165) is 0 Å². The van der Waals surface area contributed by atoms with Crippen molar-refractivity contribution in [2.45, 2.75) is 6.42 Å². The molecular formula is C7H12ClN3OS. The van der Waals surface area contributed by atoms with Gasteiger partial charge in [0, 0.05) is 31.6 Å². The molecule has 0 unspecified atom stereocenters. The van der Waals surface area contributed by atoms with Crippen molar-refractivity contribution in [3.05, 3.63) is 16.4 Å². The van der Waals surface area contributed by atoms with Crippen molar-refractivity contribution in [2.24, 2.45) is 17.8 Å². The van der Waals surface area contributed by atoms with Crippen molar-refractivity contribution in [1.29, 1.82) is 0 Å². The molecule has 0 atom stereocenters. The fraction of sp³-hybridized carbons (Fsp3) is 0.429. The lowest BCUT2D eigenvalue weighted by Crippen LogP contribution is -2.14. The van der Waals surface area contributed by atoms with Crippen LogP contribution in [0.3, 0.4) is 0 Å². The van der Waals surface area contributed by atoms with Crippen LogP contribution in [0.15, 0.2) is 16.6 Å². The Hall–Kier alpha value is -0.650. The zero-order chi connectivity index (χ0) is 8.97. The van der Waals surface area contributed by atoms with Gasteiger partial charge in [0.15, 0.2) is 4.80 Å². The third-order valence-corrected chi connectivity index (χ3v) is 2.19.